The van der Waals surface area contributed by atoms with E-state index in [2.05, 4.69) is 31.6 Å². The van der Waals surface area contributed by atoms with Crippen LogP contribution in [0.5, 0.6) is 11.5 Å². The van der Waals surface area contributed by atoms with Gasteiger partial charge in [-0.25, -0.2) is 4.99 Å². The molecule has 9 heteroatoms. The molecule has 7 nitrogen and oxygen atoms in total. The van der Waals surface area contributed by atoms with E-state index in [1.807, 2.05) is 37.8 Å². The lowest BCUT2D eigenvalue weighted by Crippen LogP contribution is -2.40. The van der Waals surface area contributed by atoms with E-state index in [0.717, 1.165) is 29.7 Å². The average molecular weight is 571 g/mol. The highest BCUT2D eigenvalue weighted by molar-refractivity contribution is 14.0. The molecule has 0 aliphatic heterocycles. The van der Waals surface area contributed by atoms with E-state index in [1.54, 1.807) is 14.2 Å². The lowest BCUT2D eigenvalue weighted by atomic mass is 10.2. The zero-order valence-corrected chi connectivity index (χ0v) is 21.2. The van der Waals surface area contributed by atoms with Gasteiger partial charge in [-0.3, -0.25) is 4.79 Å². The number of guanidine groups is 1. The van der Waals surface area contributed by atoms with Crippen molar-refractivity contribution < 1.29 is 14.3 Å². The van der Waals surface area contributed by atoms with Gasteiger partial charge in [0, 0.05) is 32.6 Å². The number of hydrogen-bond acceptors (Lipinski definition) is 4. The lowest BCUT2D eigenvalue weighted by molar-refractivity contribution is -0.130. The van der Waals surface area contributed by atoms with E-state index in [4.69, 9.17) is 9.47 Å². The second-order valence-corrected chi connectivity index (χ2v) is 6.61. The Hall–Kier alpha value is -1.23. The molecule has 0 bridgehead atoms. The number of aliphatic imine (C=N–C) groups is 1. The van der Waals surface area contributed by atoms with Gasteiger partial charge in [0.05, 0.1) is 25.2 Å². The molecule has 0 aliphatic carbocycles. The number of amides is 1. The Morgan fingerprint density at radius 3 is 2.36 bits per heavy atom. The predicted octanol–water partition coefficient (Wildman–Crippen LogP) is 3.40. The maximum absolute atomic E-state index is 12.1. The summed E-state index contributed by atoms with van der Waals surface area (Å²) in [7, 11) is 3.21. The number of ether oxygens (including phenoxy) is 2. The highest BCUT2D eigenvalue weighted by Crippen LogP contribution is 2.36. The molecule has 0 aliphatic rings. The molecule has 28 heavy (non-hydrogen) atoms. The summed E-state index contributed by atoms with van der Waals surface area (Å²) in [6, 6.07) is 3.86. The zero-order valence-electron chi connectivity index (χ0n) is 17.3. The minimum absolute atomic E-state index is 0. The largest absolute Gasteiger partial charge is 0.493 e. The van der Waals surface area contributed by atoms with Crippen LogP contribution < -0.4 is 20.1 Å². The van der Waals surface area contributed by atoms with Crippen LogP contribution in [0.25, 0.3) is 0 Å². The van der Waals surface area contributed by atoms with Gasteiger partial charge < -0.3 is 25.0 Å². The molecule has 1 amide bonds. The quantitative estimate of drug-likeness (QED) is 0.256. The van der Waals surface area contributed by atoms with Gasteiger partial charge in [0.2, 0.25) is 5.91 Å². The smallest absolute Gasteiger partial charge is 0.224 e. The predicted molar refractivity (Wildman–Crippen MR) is 128 cm³/mol. The molecule has 0 saturated carbocycles. The minimum Gasteiger partial charge on any atom is -0.493 e. The molecule has 1 aromatic carbocycles. The number of halogens is 2. The number of carbonyl (C=O) groups excluding carboxylic acids is 1. The van der Waals surface area contributed by atoms with Crippen LogP contribution in [-0.2, 0) is 11.3 Å². The van der Waals surface area contributed by atoms with Gasteiger partial charge in [0.25, 0.3) is 0 Å². The standard InChI is InChI=1S/C19H31BrN4O3.HI/c1-6-21-19(22-10-9-17(25)24(7-2)8-3)23-13-14-11-15(20)18(27-5)16(12-14)26-4;/h11-12H,6-10,13H2,1-5H3,(H2,21,22,23);1H. The first-order valence-electron chi connectivity index (χ1n) is 9.20. The molecule has 0 unspecified atom stereocenters. The summed E-state index contributed by atoms with van der Waals surface area (Å²) < 4.78 is 11.5. The van der Waals surface area contributed by atoms with Crippen molar-refractivity contribution in [2.24, 2.45) is 4.99 Å². The maximum atomic E-state index is 12.1. The van der Waals surface area contributed by atoms with E-state index in [1.165, 1.54) is 0 Å². The summed E-state index contributed by atoms with van der Waals surface area (Å²) in [4.78, 5) is 18.5. The van der Waals surface area contributed by atoms with Crippen LogP contribution in [0, 0.1) is 0 Å². The van der Waals surface area contributed by atoms with Crippen molar-refractivity contribution in [3.63, 3.8) is 0 Å². The summed E-state index contributed by atoms with van der Waals surface area (Å²) in [6.07, 6.45) is 0.438. The molecular weight excluding hydrogens is 539 g/mol. The number of hydrogen-bond donors (Lipinski definition) is 2. The van der Waals surface area contributed by atoms with Crippen LogP contribution in [0.1, 0.15) is 32.8 Å². The SMILES string of the molecule is CCNC(=NCc1cc(Br)c(OC)c(OC)c1)NCCC(=O)N(CC)CC.I. The summed E-state index contributed by atoms with van der Waals surface area (Å²) in [5.74, 6) is 2.13. The molecule has 160 valence electrons. The van der Waals surface area contributed by atoms with Crippen LogP contribution in [0.4, 0.5) is 0 Å². The highest BCUT2D eigenvalue weighted by Gasteiger charge is 2.11. The summed E-state index contributed by atoms with van der Waals surface area (Å²) in [5.41, 5.74) is 0.982. The molecule has 1 aromatic rings. The summed E-state index contributed by atoms with van der Waals surface area (Å²) in [6.45, 7) is 9.20. The van der Waals surface area contributed by atoms with Gasteiger partial charge in [0.1, 0.15) is 0 Å². The molecule has 0 saturated heterocycles. The molecule has 0 spiro atoms. The van der Waals surface area contributed by atoms with Crippen LogP contribution in [0.2, 0.25) is 0 Å². The average Bonchev–Trinajstić information content (AvgIpc) is 2.66. The Morgan fingerprint density at radius 1 is 1.14 bits per heavy atom. The fraction of sp³-hybridized carbons (Fsp3) is 0.579. The van der Waals surface area contributed by atoms with Crippen molar-refractivity contribution in [3.05, 3.63) is 22.2 Å². The van der Waals surface area contributed by atoms with Crippen molar-refractivity contribution >= 4 is 51.8 Å². The normalized spacial score (nSPS) is 10.7. The van der Waals surface area contributed by atoms with Crippen molar-refractivity contribution in [2.45, 2.75) is 33.7 Å². The Balaban J connectivity index is 0.00000729. The van der Waals surface area contributed by atoms with Crippen molar-refractivity contribution in [1.29, 1.82) is 0 Å². The topological polar surface area (TPSA) is 75.2 Å². The summed E-state index contributed by atoms with van der Waals surface area (Å²) >= 11 is 3.49. The van der Waals surface area contributed by atoms with Gasteiger partial charge in [-0.2, -0.15) is 0 Å². The van der Waals surface area contributed by atoms with Gasteiger partial charge in [0.15, 0.2) is 17.5 Å². The molecule has 0 aromatic heterocycles. The Kier molecular flexibility index (Phi) is 14.1. The Morgan fingerprint density at radius 2 is 1.82 bits per heavy atom. The first-order chi connectivity index (χ1) is 13.0. The van der Waals surface area contributed by atoms with Gasteiger partial charge in [-0.15, -0.1) is 24.0 Å². The van der Waals surface area contributed by atoms with Gasteiger partial charge in [-0.05, 0) is 54.4 Å². The first-order valence-corrected chi connectivity index (χ1v) is 10.00. The number of methoxy groups -OCH3 is 2. The zero-order chi connectivity index (χ0) is 20.2. The Labute approximate surface area is 193 Å². The maximum Gasteiger partial charge on any atom is 0.224 e. The van der Waals surface area contributed by atoms with E-state index >= 15 is 0 Å². The van der Waals surface area contributed by atoms with E-state index in [0.29, 0.717) is 37.0 Å². The molecule has 1 rings (SSSR count). The molecule has 0 atom stereocenters. The van der Waals surface area contributed by atoms with Gasteiger partial charge in [-0.1, -0.05) is 0 Å². The molecule has 2 N–H and O–H groups in total. The molecule has 0 radical (unpaired) electrons. The summed E-state index contributed by atoms with van der Waals surface area (Å²) in [5, 5.41) is 6.41. The van der Waals surface area contributed by atoms with Crippen LogP contribution in [0.3, 0.4) is 0 Å². The molecule has 0 heterocycles. The fourth-order valence-electron chi connectivity index (χ4n) is 2.60. The fourth-order valence-corrected chi connectivity index (χ4v) is 3.25. The minimum atomic E-state index is 0. The van der Waals surface area contributed by atoms with E-state index in [9.17, 15) is 4.79 Å². The van der Waals surface area contributed by atoms with Crippen molar-refractivity contribution in [1.82, 2.24) is 15.5 Å². The lowest BCUT2D eigenvalue weighted by Gasteiger charge is -2.19. The van der Waals surface area contributed by atoms with Crippen molar-refractivity contribution in [2.75, 3.05) is 40.4 Å². The second-order valence-electron chi connectivity index (χ2n) is 5.75. The van der Waals surface area contributed by atoms with E-state index < -0.39 is 0 Å². The van der Waals surface area contributed by atoms with Crippen LogP contribution >= 0.6 is 39.9 Å². The number of benzene rings is 1. The van der Waals surface area contributed by atoms with Gasteiger partial charge >= 0.3 is 0 Å². The number of rotatable bonds is 10. The number of nitrogens with one attached hydrogen (secondary N) is 2. The Bertz CT molecular complexity index is 640. The molecular formula is C19H32BrIN4O3. The van der Waals surface area contributed by atoms with E-state index in [-0.39, 0.29) is 29.9 Å². The second kappa shape index (κ2) is 14.7. The monoisotopic (exact) mass is 570 g/mol. The third-order valence-electron chi connectivity index (χ3n) is 4.00. The molecule has 0 fully saturated rings. The number of carbonyl (C=O) groups is 1. The van der Waals surface area contributed by atoms with Crippen LogP contribution in [0.15, 0.2) is 21.6 Å². The van der Waals surface area contributed by atoms with Crippen LogP contribution in [-0.4, -0.2) is 57.2 Å². The highest BCUT2D eigenvalue weighted by atomic mass is 127. The van der Waals surface area contributed by atoms with Crippen molar-refractivity contribution in [3.8, 4) is 11.5 Å². The third-order valence-corrected chi connectivity index (χ3v) is 4.59. The third kappa shape index (κ3) is 8.42. The number of nitrogens with zero attached hydrogens (tertiary/aromatic N) is 2. The first kappa shape index (κ1) is 26.8.